The number of rotatable bonds is 11. The Hall–Kier alpha value is -3.46. The molecule has 4 atom stereocenters. The maximum Gasteiger partial charge on any atom is 0.326 e. The van der Waals surface area contributed by atoms with Crippen molar-refractivity contribution < 1.29 is 33.4 Å². The molecule has 3 rings (SSSR count). The van der Waals surface area contributed by atoms with Crippen molar-refractivity contribution in [1.82, 2.24) is 10.2 Å². The number of amides is 1. The van der Waals surface area contributed by atoms with Gasteiger partial charge in [0.15, 0.2) is 0 Å². The van der Waals surface area contributed by atoms with Gasteiger partial charge < -0.3 is 19.5 Å². The number of likely N-dealkylation sites (tertiary alicyclic amines) is 1. The van der Waals surface area contributed by atoms with Gasteiger partial charge >= 0.3 is 11.9 Å². The van der Waals surface area contributed by atoms with Crippen molar-refractivity contribution >= 4 is 17.8 Å². The molecule has 1 saturated heterocycles. The van der Waals surface area contributed by atoms with E-state index in [2.05, 4.69) is 5.32 Å². The SMILES string of the molecule is CCOC(=O)C(CCc1ccccc1)N[C@@H](C)C(=O)N1C[C@@H](Oc2ccc(F)cc2)C[C@H]1C(=O)O. The largest absolute Gasteiger partial charge is 0.488 e. The second-order valence-electron chi connectivity index (χ2n) is 8.49. The number of carboxylic acids is 1. The van der Waals surface area contributed by atoms with E-state index in [1.165, 1.54) is 29.2 Å². The Morgan fingerprint density at radius 2 is 1.83 bits per heavy atom. The van der Waals surface area contributed by atoms with Gasteiger partial charge in [-0.1, -0.05) is 30.3 Å². The summed E-state index contributed by atoms with van der Waals surface area (Å²) >= 11 is 0. The number of nitrogens with zero attached hydrogens (tertiary/aromatic N) is 1. The normalized spacial score (nSPS) is 19.1. The minimum absolute atomic E-state index is 0.0628. The molecule has 0 saturated carbocycles. The van der Waals surface area contributed by atoms with E-state index in [9.17, 15) is 23.9 Å². The molecule has 1 aliphatic heterocycles. The zero-order valence-electron chi connectivity index (χ0n) is 19.9. The van der Waals surface area contributed by atoms with E-state index in [0.29, 0.717) is 18.6 Å². The molecule has 1 unspecified atom stereocenters. The predicted molar refractivity (Wildman–Crippen MR) is 126 cm³/mol. The highest BCUT2D eigenvalue weighted by molar-refractivity contribution is 5.88. The third kappa shape index (κ3) is 7.26. The van der Waals surface area contributed by atoms with Gasteiger partial charge in [-0.25, -0.2) is 9.18 Å². The fraction of sp³-hybridized carbons (Fsp3) is 0.423. The molecule has 0 aromatic heterocycles. The smallest absolute Gasteiger partial charge is 0.326 e. The summed E-state index contributed by atoms with van der Waals surface area (Å²) in [5, 5.41) is 12.7. The Labute approximate surface area is 204 Å². The number of hydrogen-bond acceptors (Lipinski definition) is 6. The van der Waals surface area contributed by atoms with Crippen molar-refractivity contribution in [2.75, 3.05) is 13.2 Å². The first-order valence-corrected chi connectivity index (χ1v) is 11.7. The lowest BCUT2D eigenvalue weighted by molar-refractivity contribution is -0.150. The number of aryl methyl sites for hydroxylation is 1. The number of aliphatic carboxylic acids is 1. The summed E-state index contributed by atoms with van der Waals surface area (Å²) in [5.41, 5.74) is 1.05. The minimum atomic E-state index is -1.14. The number of carbonyl (C=O) groups is 3. The minimum Gasteiger partial charge on any atom is -0.488 e. The van der Waals surface area contributed by atoms with E-state index >= 15 is 0 Å². The quantitative estimate of drug-likeness (QED) is 0.471. The molecule has 0 aliphatic carbocycles. The standard InChI is InChI=1S/C26H31FN2O6/c1-3-34-26(33)22(14-9-18-7-5-4-6-8-18)28-17(2)24(30)29-16-21(15-23(29)25(31)32)35-20-12-10-19(27)11-13-20/h4-8,10-13,17,21-23,28H,3,9,14-16H2,1-2H3,(H,31,32)/t17-,21-,22?,23-/m0/s1. The van der Waals surface area contributed by atoms with Crippen LogP contribution in [0.1, 0.15) is 32.3 Å². The number of ether oxygens (including phenoxy) is 2. The van der Waals surface area contributed by atoms with Crippen LogP contribution in [0.2, 0.25) is 0 Å². The van der Waals surface area contributed by atoms with E-state index < -0.39 is 47.9 Å². The average Bonchev–Trinajstić information content (AvgIpc) is 3.27. The fourth-order valence-electron chi connectivity index (χ4n) is 4.16. The number of benzene rings is 2. The van der Waals surface area contributed by atoms with Gasteiger partial charge in [0.05, 0.1) is 19.2 Å². The first-order valence-electron chi connectivity index (χ1n) is 11.7. The Morgan fingerprint density at radius 1 is 1.14 bits per heavy atom. The Morgan fingerprint density at radius 3 is 2.46 bits per heavy atom. The molecule has 2 aromatic rings. The van der Waals surface area contributed by atoms with Gasteiger partial charge in [-0.2, -0.15) is 0 Å². The molecule has 188 valence electrons. The molecule has 1 heterocycles. The van der Waals surface area contributed by atoms with Crippen molar-refractivity contribution in [2.45, 2.75) is 57.3 Å². The molecule has 1 aliphatic rings. The fourth-order valence-corrected chi connectivity index (χ4v) is 4.16. The summed E-state index contributed by atoms with van der Waals surface area (Å²) in [7, 11) is 0. The van der Waals surface area contributed by atoms with Crippen molar-refractivity contribution in [1.29, 1.82) is 0 Å². The highest BCUT2D eigenvalue weighted by Crippen LogP contribution is 2.24. The van der Waals surface area contributed by atoms with E-state index in [4.69, 9.17) is 9.47 Å². The predicted octanol–water partition coefficient (Wildman–Crippen LogP) is 2.80. The number of esters is 1. The molecule has 2 N–H and O–H groups in total. The van der Waals surface area contributed by atoms with Crippen LogP contribution >= 0.6 is 0 Å². The molecule has 35 heavy (non-hydrogen) atoms. The van der Waals surface area contributed by atoms with Gasteiger partial charge in [-0.15, -0.1) is 0 Å². The van der Waals surface area contributed by atoms with Crippen LogP contribution in [0.3, 0.4) is 0 Å². The molecule has 0 spiro atoms. The molecule has 1 fully saturated rings. The van der Waals surface area contributed by atoms with Gasteiger partial charge in [0.2, 0.25) is 5.91 Å². The van der Waals surface area contributed by atoms with Crippen LogP contribution < -0.4 is 10.1 Å². The summed E-state index contributed by atoms with van der Waals surface area (Å²) in [6, 6.07) is 12.4. The Balaban J connectivity index is 1.66. The monoisotopic (exact) mass is 486 g/mol. The van der Waals surface area contributed by atoms with Gasteiger partial charge in [0, 0.05) is 6.42 Å². The molecule has 9 heteroatoms. The molecule has 2 aromatic carbocycles. The van der Waals surface area contributed by atoms with Gasteiger partial charge in [-0.3, -0.25) is 14.9 Å². The number of carbonyl (C=O) groups excluding carboxylic acids is 2. The van der Waals surface area contributed by atoms with Crippen LogP contribution in [0.5, 0.6) is 5.75 Å². The van der Waals surface area contributed by atoms with Crippen LogP contribution in [0, 0.1) is 5.82 Å². The maximum atomic E-state index is 13.2. The first kappa shape index (κ1) is 26.2. The number of carboxylic acid groups (broad SMARTS) is 1. The first-order chi connectivity index (χ1) is 16.8. The van der Waals surface area contributed by atoms with Gasteiger partial charge in [-0.05, 0) is 56.5 Å². The van der Waals surface area contributed by atoms with E-state index in [-0.39, 0.29) is 19.6 Å². The topological polar surface area (TPSA) is 105 Å². The van der Waals surface area contributed by atoms with Crippen molar-refractivity contribution in [3.8, 4) is 5.75 Å². The number of halogens is 1. The van der Waals surface area contributed by atoms with E-state index in [1.54, 1.807) is 13.8 Å². The van der Waals surface area contributed by atoms with Gasteiger partial charge in [0.25, 0.3) is 0 Å². The molecule has 0 radical (unpaired) electrons. The average molecular weight is 487 g/mol. The van der Waals surface area contributed by atoms with E-state index in [1.807, 2.05) is 30.3 Å². The lowest BCUT2D eigenvalue weighted by atomic mass is 10.0. The van der Waals surface area contributed by atoms with Crippen molar-refractivity contribution in [3.63, 3.8) is 0 Å². The van der Waals surface area contributed by atoms with Crippen LogP contribution in [0.4, 0.5) is 4.39 Å². The van der Waals surface area contributed by atoms with Crippen LogP contribution in [0.25, 0.3) is 0 Å². The zero-order chi connectivity index (χ0) is 25.4. The second kappa shape index (κ2) is 12.3. The number of nitrogens with one attached hydrogen (secondary N) is 1. The highest BCUT2D eigenvalue weighted by atomic mass is 19.1. The molecular weight excluding hydrogens is 455 g/mol. The summed E-state index contributed by atoms with van der Waals surface area (Å²) in [5.74, 6) is -2.06. The lowest BCUT2D eigenvalue weighted by Gasteiger charge is -2.27. The molecule has 8 nitrogen and oxygen atoms in total. The van der Waals surface area contributed by atoms with Crippen molar-refractivity contribution in [2.24, 2.45) is 0 Å². The third-order valence-corrected chi connectivity index (χ3v) is 5.90. The Bertz CT molecular complexity index is 1000. The van der Waals surface area contributed by atoms with Crippen molar-refractivity contribution in [3.05, 3.63) is 66.0 Å². The zero-order valence-corrected chi connectivity index (χ0v) is 19.9. The van der Waals surface area contributed by atoms with Gasteiger partial charge in [0.1, 0.15) is 29.8 Å². The van der Waals surface area contributed by atoms with Crippen LogP contribution in [-0.2, 0) is 25.5 Å². The summed E-state index contributed by atoms with van der Waals surface area (Å²) in [6.07, 6.45) is 0.559. The number of hydrogen-bond donors (Lipinski definition) is 2. The highest BCUT2D eigenvalue weighted by Gasteiger charge is 2.42. The molecule has 0 bridgehead atoms. The van der Waals surface area contributed by atoms with E-state index in [0.717, 1.165) is 5.56 Å². The summed E-state index contributed by atoms with van der Waals surface area (Å²) in [4.78, 5) is 38.9. The van der Waals surface area contributed by atoms with Crippen LogP contribution in [0.15, 0.2) is 54.6 Å². The Kier molecular flexibility index (Phi) is 9.19. The second-order valence-corrected chi connectivity index (χ2v) is 8.49. The third-order valence-electron chi connectivity index (χ3n) is 5.90. The summed E-state index contributed by atoms with van der Waals surface area (Å²) < 4.78 is 24.1. The lowest BCUT2D eigenvalue weighted by Crippen LogP contribution is -2.53. The summed E-state index contributed by atoms with van der Waals surface area (Å²) in [6.45, 7) is 3.58. The van der Waals surface area contributed by atoms with Crippen LogP contribution in [-0.4, -0.2) is 65.2 Å². The molecular formula is C26H31FN2O6. The molecule has 1 amide bonds. The maximum absolute atomic E-state index is 13.2.